The standard InChI is InChI=1S/C19H22FN3O2/c20-15-4-1-3-14(11-15)19(9-10-19)12-21-16(24)5-2-6-17-22-18(23-25-17)13-7-8-13/h1,3-4,11,13H,2,5-10,12H2,(H,21,24). The maximum absolute atomic E-state index is 13.4. The number of halogens is 1. The molecule has 0 aliphatic heterocycles. The molecule has 1 aromatic heterocycles. The first-order chi connectivity index (χ1) is 12.1. The van der Waals surface area contributed by atoms with Gasteiger partial charge in [-0.05, 0) is 49.8 Å². The first-order valence-corrected chi connectivity index (χ1v) is 9.00. The fourth-order valence-electron chi connectivity index (χ4n) is 3.17. The summed E-state index contributed by atoms with van der Waals surface area (Å²) in [5, 5.41) is 6.97. The number of aryl methyl sites for hydroxylation is 1. The summed E-state index contributed by atoms with van der Waals surface area (Å²) >= 11 is 0. The monoisotopic (exact) mass is 343 g/mol. The van der Waals surface area contributed by atoms with Crippen LogP contribution in [0.15, 0.2) is 28.8 Å². The maximum atomic E-state index is 13.4. The van der Waals surface area contributed by atoms with E-state index in [1.54, 1.807) is 12.1 Å². The van der Waals surface area contributed by atoms with E-state index >= 15 is 0 Å². The van der Waals surface area contributed by atoms with E-state index in [0.29, 0.717) is 37.6 Å². The predicted molar refractivity (Wildman–Crippen MR) is 89.5 cm³/mol. The van der Waals surface area contributed by atoms with Crippen molar-refractivity contribution in [3.8, 4) is 0 Å². The molecule has 2 aliphatic rings. The second-order valence-corrected chi connectivity index (χ2v) is 7.24. The van der Waals surface area contributed by atoms with E-state index in [1.807, 2.05) is 6.07 Å². The van der Waals surface area contributed by atoms with Gasteiger partial charge in [0.25, 0.3) is 0 Å². The second-order valence-electron chi connectivity index (χ2n) is 7.24. The Morgan fingerprint density at radius 3 is 2.92 bits per heavy atom. The molecule has 2 saturated carbocycles. The van der Waals surface area contributed by atoms with Crippen LogP contribution in [0.2, 0.25) is 0 Å². The average molecular weight is 343 g/mol. The maximum Gasteiger partial charge on any atom is 0.226 e. The Hall–Kier alpha value is -2.24. The summed E-state index contributed by atoms with van der Waals surface area (Å²) in [5.41, 5.74) is 0.898. The quantitative estimate of drug-likeness (QED) is 0.799. The van der Waals surface area contributed by atoms with Crippen LogP contribution in [-0.4, -0.2) is 22.6 Å². The highest BCUT2D eigenvalue weighted by Gasteiger charge is 2.44. The van der Waals surface area contributed by atoms with E-state index in [2.05, 4.69) is 15.5 Å². The number of hydrogen-bond donors (Lipinski definition) is 1. The lowest BCUT2D eigenvalue weighted by Crippen LogP contribution is -2.32. The molecule has 1 N–H and O–H groups in total. The molecular formula is C19H22FN3O2. The zero-order chi connectivity index (χ0) is 17.3. The van der Waals surface area contributed by atoms with Gasteiger partial charge in [-0.1, -0.05) is 17.3 Å². The van der Waals surface area contributed by atoms with Gasteiger partial charge in [0.05, 0.1) is 0 Å². The minimum atomic E-state index is -0.222. The number of hydrogen-bond acceptors (Lipinski definition) is 4. The summed E-state index contributed by atoms with van der Waals surface area (Å²) in [6.07, 6.45) is 6.02. The van der Waals surface area contributed by atoms with Crippen LogP contribution in [0.4, 0.5) is 4.39 Å². The number of nitrogens with one attached hydrogen (secondary N) is 1. The zero-order valence-corrected chi connectivity index (χ0v) is 14.1. The molecule has 1 heterocycles. The number of carbonyl (C=O) groups excluding carboxylic acids is 1. The van der Waals surface area contributed by atoms with Crippen molar-refractivity contribution in [1.82, 2.24) is 15.5 Å². The molecule has 2 fully saturated rings. The molecule has 2 aromatic rings. The molecule has 0 spiro atoms. The van der Waals surface area contributed by atoms with Crippen LogP contribution >= 0.6 is 0 Å². The topological polar surface area (TPSA) is 68.0 Å². The minimum absolute atomic E-state index is 0.0182. The van der Waals surface area contributed by atoms with Crippen LogP contribution in [0, 0.1) is 5.82 Å². The average Bonchev–Trinajstić information content (AvgIpc) is 3.53. The van der Waals surface area contributed by atoms with E-state index in [1.165, 1.54) is 6.07 Å². The third-order valence-electron chi connectivity index (χ3n) is 5.14. The van der Waals surface area contributed by atoms with Gasteiger partial charge in [0.2, 0.25) is 11.8 Å². The van der Waals surface area contributed by atoms with Crippen LogP contribution in [-0.2, 0) is 16.6 Å². The summed E-state index contributed by atoms with van der Waals surface area (Å²) in [5.74, 6) is 1.71. The third-order valence-corrected chi connectivity index (χ3v) is 5.14. The molecule has 4 rings (SSSR count). The van der Waals surface area contributed by atoms with Gasteiger partial charge in [-0.2, -0.15) is 4.98 Å². The Kier molecular flexibility index (Phi) is 4.27. The normalized spacial score (nSPS) is 18.1. The van der Waals surface area contributed by atoms with Crippen molar-refractivity contribution in [3.05, 3.63) is 47.4 Å². The van der Waals surface area contributed by atoms with Crippen LogP contribution in [0.3, 0.4) is 0 Å². The second kappa shape index (κ2) is 6.58. The molecule has 0 saturated heterocycles. The molecule has 0 atom stereocenters. The summed E-state index contributed by atoms with van der Waals surface area (Å²) < 4.78 is 18.6. The molecule has 25 heavy (non-hydrogen) atoms. The van der Waals surface area contributed by atoms with Crippen molar-refractivity contribution >= 4 is 5.91 Å². The Morgan fingerprint density at radius 2 is 2.20 bits per heavy atom. The first-order valence-electron chi connectivity index (χ1n) is 9.00. The van der Waals surface area contributed by atoms with Crippen LogP contribution in [0.25, 0.3) is 0 Å². The minimum Gasteiger partial charge on any atom is -0.355 e. The Balaban J connectivity index is 1.21. The molecule has 1 amide bonds. The van der Waals surface area contributed by atoms with Gasteiger partial charge in [-0.25, -0.2) is 4.39 Å². The fraction of sp³-hybridized carbons (Fsp3) is 0.526. The Morgan fingerprint density at radius 1 is 1.36 bits per heavy atom. The van der Waals surface area contributed by atoms with E-state index in [-0.39, 0.29) is 17.1 Å². The van der Waals surface area contributed by atoms with Crippen LogP contribution in [0.1, 0.15) is 61.7 Å². The SMILES string of the molecule is O=C(CCCc1nc(C2CC2)no1)NCC1(c2cccc(F)c2)CC1. The highest BCUT2D eigenvalue weighted by Crippen LogP contribution is 2.47. The molecule has 0 radical (unpaired) electrons. The van der Waals surface area contributed by atoms with Crippen molar-refractivity contribution < 1.29 is 13.7 Å². The number of nitrogens with zero attached hydrogens (tertiary/aromatic N) is 2. The van der Waals surface area contributed by atoms with E-state index < -0.39 is 0 Å². The Labute approximate surface area is 146 Å². The van der Waals surface area contributed by atoms with E-state index in [0.717, 1.165) is 37.1 Å². The van der Waals surface area contributed by atoms with Crippen LogP contribution in [0.5, 0.6) is 0 Å². The van der Waals surface area contributed by atoms with Crippen molar-refractivity contribution in [1.29, 1.82) is 0 Å². The summed E-state index contributed by atoms with van der Waals surface area (Å²) in [7, 11) is 0. The lowest BCUT2D eigenvalue weighted by Gasteiger charge is -2.16. The zero-order valence-electron chi connectivity index (χ0n) is 14.1. The van der Waals surface area contributed by atoms with Gasteiger partial charge in [0.1, 0.15) is 5.82 Å². The lowest BCUT2D eigenvalue weighted by atomic mass is 9.96. The van der Waals surface area contributed by atoms with Crippen molar-refractivity contribution in [3.63, 3.8) is 0 Å². The smallest absolute Gasteiger partial charge is 0.226 e. The van der Waals surface area contributed by atoms with Gasteiger partial charge in [-0.3, -0.25) is 4.79 Å². The van der Waals surface area contributed by atoms with Crippen molar-refractivity contribution in [2.75, 3.05) is 6.54 Å². The number of carbonyl (C=O) groups is 1. The van der Waals surface area contributed by atoms with Gasteiger partial charge in [-0.15, -0.1) is 0 Å². The van der Waals surface area contributed by atoms with Crippen LogP contribution < -0.4 is 5.32 Å². The molecule has 5 nitrogen and oxygen atoms in total. The summed E-state index contributed by atoms with van der Waals surface area (Å²) in [6, 6.07) is 6.69. The molecular weight excluding hydrogens is 321 g/mol. The third kappa shape index (κ3) is 3.89. The largest absolute Gasteiger partial charge is 0.355 e. The predicted octanol–water partition coefficient (Wildman–Crippen LogP) is 3.26. The van der Waals surface area contributed by atoms with Crippen molar-refractivity contribution in [2.45, 2.75) is 56.3 Å². The van der Waals surface area contributed by atoms with E-state index in [9.17, 15) is 9.18 Å². The number of aromatic nitrogens is 2. The highest BCUT2D eigenvalue weighted by molar-refractivity contribution is 5.76. The highest BCUT2D eigenvalue weighted by atomic mass is 19.1. The van der Waals surface area contributed by atoms with E-state index in [4.69, 9.17) is 4.52 Å². The number of rotatable bonds is 8. The molecule has 132 valence electrons. The number of amides is 1. The summed E-state index contributed by atoms with van der Waals surface area (Å²) in [6.45, 7) is 0.571. The molecule has 0 unspecified atom stereocenters. The lowest BCUT2D eigenvalue weighted by molar-refractivity contribution is -0.121. The Bertz CT molecular complexity index is 766. The summed E-state index contributed by atoms with van der Waals surface area (Å²) in [4.78, 5) is 16.4. The van der Waals surface area contributed by atoms with Gasteiger partial charge < -0.3 is 9.84 Å². The van der Waals surface area contributed by atoms with Gasteiger partial charge in [0.15, 0.2) is 5.82 Å². The molecule has 6 heteroatoms. The fourth-order valence-corrected chi connectivity index (χ4v) is 3.17. The van der Waals surface area contributed by atoms with Gasteiger partial charge >= 0.3 is 0 Å². The molecule has 1 aromatic carbocycles. The number of benzene rings is 1. The first kappa shape index (κ1) is 16.2. The van der Waals surface area contributed by atoms with Gasteiger partial charge in [0, 0.05) is 30.7 Å². The molecule has 0 bridgehead atoms. The van der Waals surface area contributed by atoms with Crippen molar-refractivity contribution in [2.24, 2.45) is 0 Å². The molecule has 2 aliphatic carbocycles.